The Kier molecular flexibility index (Phi) is 8.37. The fraction of sp³-hybridized carbons (Fsp3) is 0.320. The van der Waals surface area contributed by atoms with Gasteiger partial charge in [0.15, 0.2) is 0 Å². The van der Waals surface area contributed by atoms with Crippen LogP contribution >= 0.6 is 22.9 Å². The Morgan fingerprint density at radius 3 is 2.41 bits per heavy atom. The van der Waals surface area contributed by atoms with Crippen LogP contribution in [0.3, 0.4) is 0 Å². The van der Waals surface area contributed by atoms with Crippen LogP contribution in [0.5, 0.6) is 0 Å². The molecule has 1 aliphatic heterocycles. The van der Waals surface area contributed by atoms with Crippen molar-refractivity contribution in [2.75, 3.05) is 31.6 Å². The SMILES string of the molecule is NCC(=O)N1CCC(COC(=O)Nc2nnc(-c3ccccc3)s2)(C(C(N)=O)c2ccccc2Cl)CC1. The molecule has 0 spiro atoms. The first kappa shape index (κ1) is 26.5. The first-order valence-electron chi connectivity index (χ1n) is 11.7. The topological polar surface area (TPSA) is 154 Å². The number of anilines is 1. The molecule has 1 unspecified atom stereocenters. The number of piperidine rings is 1. The molecule has 0 saturated carbocycles. The van der Waals surface area contributed by atoms with Gasteiger partial charge in [0.2, 0.25) is 16.9 Å². The van der Waals surface area contributed by atoms with Gasteiger partial charge in [-0.2, -0.15) is 0 Å². The molecule has 3 aromatic rings. The molecule has 2 aromatic carbocycles. The highest BCUT2D eigenvalue weighted by Crippen LogP contribution is 2.46. The quantitative estimate of drug-likeness (QED) is 0.395. The molecule has 0 bridgehead atoms. The van der Waals surface area contributed by atoms with Crippen LogP contribution in [-0.4, -0.2) is 59.2 Å². The van der Waals surface area contributed by atoms with Crippen molar-refractivity contribution in [3.63, 3.8) is 0 Å². The normalized spacial score (nSPS) is 15.6. The summed E-state index contributed by atoms with van der Waals surface area (Å²) >= 11 is 7.66. The zero-order chi connectivity index (χ0) is 26.4. The molecule has 1 fully saturated rings. The van der Waals surface area contributed by atoms with Gasteiger partial charge in [-0.3, -0.25) is 14.9 Å². The van der Waals surface area contributed by atoms with Crippen LogP contribution in [0.15, 0.2) is 54.6 Å². The second-order valence-corrected chi connectivity index (χ2v) is 10.2. The van der Waals surface area contributed by atoms with Crippen LogP contribution in [0.25, 0.3) is 10.6 Å². The maximum atomic E-state index is 12.8. The van der Waals surface area contributed by atoms with E-state index in [1.807, 2.05) is 30.3 Å². The summed E-state index contributed by atoms with van der Waals surface area (Å²) in [7, 11) is 0. The highest BCUT2D eigenvalue weighted by atomic mass is 35.5. The fourth-order valence-corrected chi connectivity index (χ4v) is 5.62. The monoisotopic (exact) mass is 542 g/mol. The zero-order valence-corrected chi connectivity index (χ0v) is 21.5. The number of primary amides is 1. The Labute approximate surface area is 222 Å². The summed E-state index contributed by atoms with van der Waals surface area (Å²) < 4.78 is 5.63. The standard InChI is InChI=1S/C25H27ClN6O4S/c26-18-9-5-4-8-17(18)20(21(28)34)25(10-12-32(13-11-25)19(33)14-27)15-36-24(35)29-23-31-30-22(37-23)16-6-2-1-3-7-16/h1-9,20H,10-15,27H2,(H2,28,34)(H,29,31,35). The number of hydrogen-bond acceptors (Lipinski definition) is 8. The van der Waals surface area contributed by atoms with Crippen molar-refractivity contribution in [1.29, 1.82) is 0 Å². The lowest BCUT2D eigenvalue weighted by molar-refractivity contribution is -0.134. The maximum Gasteiger partial charge on any atom is 0.413 e. The number of hydrogen-bond donors (Lipinski definition) is 3. The molecule has 194 valence electrons. The van der Waals surface area contributed by atoms with Crippen LogP contribution < -0.4 is 16.8 Å². The van der Waals surface area contributed by atoms with Gasteiger partial charge in [0.25, 0.3) is 0 Å². The lowest BCUT2D eigenvalue weighted by Gasteiger charge is -2.45. The van der Waals surface area contributed by atoms with Crippen LogP contribution in [-0.2, 0) is 14.3 Å². The molecule has 1 saturated heterocycles. The largest absolute Gasteiger partial charge is 0.449 e. The minimum Gasteiger partial charge on any atom is -0.449 e. The lowest BCUT2D eigenvalue weighted by atomic mass is 9.66. The van der Waals surface area contributed by atoms with Gasteiger partial charge in [0.1, 0.15) is 11.6 Å². The number of rotatable bonds is 8. The number of nitrogens with zero attached hydrogens (tertiary/aromatic N) is 3. The maximum absolute atomic E-state index is 12.8. The lowest BCUT2D eigenvalue weighted by Crippen LogP contribution is -2.51. The second-order valence-electron chi connectivity index (χ2n) is 8.78. The summed E-state index contributed by atoms with van der Waals surface area (Å²) in [5, 5.41) is 12.0. The molecule has 0 aliphatic carbocycles. The van der Waals surface area contributed by atoms with Crippen molar-refractivity contribution >= 4 is 46.0 Å². The van der Waals surface area contributed by atoms with E-state index in [9.17, 15) is 14.4 Å². The van der Waals surface area contributed by atoms with E-state index in [-0.39, 0.29) is 24.2 Å². The van der Waals surface area contributed by atoms with E-state index < -0.39 is 23.3 Å². The van der Waals surface area contributed by atoms with Gasteiger partial charge in [-0.05, 0) is 24.5 Å². The summed E-state index contributed by atoms with van der Waals surface area (Å²) in [4.78, 5) is 39.3. The molecule has 2 heterocycles. The van der Waals surface area contributed by atoms with E-state index in [2.05, 4.69) is 15.5 Å². The summed E-state index contributed by atoms with van der Waals surface area (Å²) in [6.45, 7) is 0.452. The van der Waals surface area contributed by atoms with E-state index in [0.29, 0.717) is 41.5 Å². The minimum atomic E-state index is -0.879. The Bertz CT molecular complexity index is 1260. The molecule has 4 rings (SSSR count). The minimum absolute atomic E-state index is 0.109. The van der Waals surface area contributed by atoms with Crippen molar-refractivity contribution in [1.82, 2.24) is 15.1 Å². The number of benzene rings is 2. The number of carbonyl (C=O) groups excluding carboxylic acids is 3. The van der Waals surface area contributed by atoms with Gasteiger partial charge in [-0.15, -0.1) is 10.2 Å². The van der Waals surface area contributed by atoms with Crippen LogP contribution in [0.1, 0.15) is 24.3 Å². The molecule has 10 nitrogen and oxygen atoms in total. The van der Waals surface area contributed by atoms with Crippen LogP contribution in [0.2, 0.25) is 5.02 Å². The number of amides is 3. The molecule has 1 atom stereocenters. The smallest absolute Gasteiger partial charge is 0.413 e. The van der Waals surface area contributed by atoms with E-state index in [1.165, 1.54) is 11.3 Å². The summed E-state index contributed by atoms with van der Waals surface area (Å²) in [5.74, 6) is -1.62. The number of nitrogens with two attached hydrogens (primary N) is 2. The third-order valence-corrected chi connectivity index (χ3v) is 7.78. The number of nitrogens with one attached hydrogen (secondary N) is 1. The molecular weight excluding hydrogens is 516 g/mol. The van der Waals surface area contributed by atoms with Crippen LogP contribution in [0.4, 0.5) is 9.93 Å². The van der Waals surface area contributed by atoms with Crippen molar-refractivity contribution in [3.8, 4) is 10.6 Å². The number of aromatic nitrogens is 2. The highest BCUT2D eigenvalue weighted by Gasteiger charge is 2.47. The number of ether oxygens (including phenoxy) is 1. The molecule has 12 heteroatoms. The Morgan fingerprint density at radius 2 is 1.76 bits per heavy atom. The number of carbonyl (C=O) groups is 3. The van der Waals surface area contributed by atoms with E-state index in [4.69, 9.17) is 27.8 Å². The summed E-state index contributed by atoms with van der Waals surface area (Å²) in [6, 6.07) is 16.4. The number of halogens is 1. The molecule has 1 aromatic heterocycles. The first-order chi connectivity index (χ1) is 17.8. The second kappa shape index (κ2) is 11.7. The van der Waals surface area contributed by atoms with Crippen molar-refractivity contribution < 1.29 is 19.1 Å². The van der Waals surface area contributed by atoms with Gasteiger partial charge in [0, 0.05) is 29.1 Å². The van der Waals surface area contributed by atoms with E-state index >= 15 is 0 Å². The predicted molar refractivity (Wildman–Crippen MR) is 141 cm³/mol. The van der Waals surface area contributed by atoms with Gasteiger partial charge in [-0.1, -0.05) is 71.5 Å². The van der Waals surface area contributed by atoms with Crippen LogP contribution in [0, 0.1) is 5.41 Å². The average Bonchev–Trinajstić information content (AvgIpc) is 3.37. The highest BCUT2D eigenvalue weighted by molar-refractivity contribution is 7.18. The molecular formula is C25H27ClN6O4S. The molecule has 3 amide bonds. The summed E-state index contributed by atoms with van der Waals surface area (Å²) in [5.41, 5.74) is 12.0. The molecule has 0 radical (unpaired) electrons. The Morgan fingerprint density at radius 1 is 1.08 bits per heavy atom. The van der Waals surface area contributed by atoms with Gasteiger partial charge < -0.3 is 21.1 Å². The van der Waals surface area contributed by atoms with Gasteiger partial charge >= 0.3 is 6.09 Å². The van der Waals surface area contributed by atoms with Crippen molar-refractivity contribution in [3.05, 3.63) is 65.2 Å². The Hall–Kier alpha value is -3.54. The van der Waals surface area contributed by atoms with E-state index in [0.717, 1.165) is 5.56 Å². The molecule has 1 aliphatic rings. The van der Waals surface area contributed by atoms with Gasteiger partial charge in [-0.25, -0.2) is 4.79 Å². The average molecular weight is 543 g/mol. The molecule has 37 heavy (non-hydrogen) atoms. The fourth-order valence-electron chi connectivity index (χ4n) is 4.64. The third-order valence-electron chi connectivity index (χ3n) is 6.55. The number of likely N-dealkylation sites (tertiary alicyclic amines) is 1. The van der Waals surface area contributed by atoms with Gasteiger partial charge in [0.05, 0.1) is 12.5 Å². The Balaban J connectivity index is 1.52. The molecule has 5 N–H and O–H groups in total. The van der Waals surface area contributed by atoms with Crippen molar-refractivity contribution in [2.24, 2.45) is 16.9 Å². The first-order valence-corrected chi connectivity index (χ1v) is 12.9. The van der Waals surface area contributed by atoms with E-state index in [1.54, 1.807) is 29.2 Å². The third kappa shape index (κ3) is 6.07. The summed E-state index contributed by atoms with van der Waals surface area (Å²) in [6.07, 6.45) is -0.0122. The predicted octanol–water partition coefficient (Wildman–Crippen LogP) is 3.24. The zero-order valence-electron chi connectivity index (χ0n) is 19.9. The van der Waals surface area contributed by atoms with Crippen molar-refractivity contribution in [2.45, 2.75) is 18.8 Å².